The number of methoxy groups -OCH3 is 1. The summed E-state index contributed by atoms with van der Waals surface area (Å²) in [4.78, 5) is 16.1. The first-order valence-electron chi connectivity index (χ1n) is 5.98. The van der Waals surface area contributed by atoms with Crippen molar-refractivity contribution in [3.63, 3.8) is 0 Å². The van der Waals surface area contributed by atoms with Crippen LogP contribution in [0.5, 0.6) is 5.88 Å². The molecule has 0 aliphatic carbocycles. The Morgan fingerprint density at radius 3 is 2.84 bits per heavy atom. The van der Waals surface area contributed by atoms with E-state index in [1.807, 2.05) is 26.0 Å². The number of amides is 1. The lowest BCUT2D eigenvalue weighted by atomic mass is 10.2. The number of carbonyl (C=O) groups is 1. The summed E-state index contributed by atoms with van der Waals surface area (Å²) in [6.45, 7) is 3.72. The maximum absolute atomic E-state index is 12.1. The number of furan rings is 1. The van der Waals surface area contributed by atoms with Crippen molar-refractivity contribution in [1.29, 1.82) is 0 Å². The molecular formula is C14H16N2O3. The number of aryl methyl sites for hydroxylation is 1. The molecule has 0 aliphatic heterocycles. The molecule has 1 N–H and O–H groups in total. The van der Waals surface area contributed by atoms with Crippen molar-refractivity contribution in [2.75, 3.05) is 7.11 Å². The fourth-order valence-electron chi connectivity index (χ4n) is 1.76. The van der Waals surface area contributed by atoms with Crippen LogP contribution < -0.4 is 10.1 Å². The Kier molecular flexibility index (Phi) is 3.85. The SMILES string of the molecule is COc1ncccc1C(=O)NC(C)c1ccc(C)o1. The van der Waals surface area contributed by atoms with Crippen molar-refractivity contribution in [3.8, 4) is 5.88 Å². The molecule has 2 heterocycles. The summed E-state index contributed by atoms with van der Waals surface area (Å²) in [6, 6.07) is 6.86. The molecule has 1 amide bonds. The summed E-state index contributed by atoms with van der Waals surface area (Å²) in [5.41, 5.74) is 0.403. The molecule has 0 aliphatic rings. The van der Waals surface area contributed by atoms with Crippen LogP contribution in [0.25, 0.3) is 0 Å². The number of carbonyl (C=O) groups excluding carboxylic acids is 1. The number of hydrogen-bond donors (Lipinski definition) is 1. The Morgan fingerprint density at radius 2 is 2.21 bits per heavy atom. The van der Waals surface area contributed by atoms with E-state index in [1.54, 1.807) is 18.3 Å². The van der Waals surface area contributed by atoms with Gasteiger partial charge in [0.1, 0.15) is 17.1 Å². The van der Waals surface area contributed by atoms with Crippen molar-refractivity contribution < 1.29 is 13.9 Å². The Balaban J connectivity index is 2.12. The first kappa shape index (κ1) is 13.1. The molecule has 2 aromatic rings. The van der Waals surface area contributed by atoms with Crippen LogP contribution in [0.3, 0.4) is 0 Å². The molecule has 1 unspecified atom stereocenters. The van der Waals surface area contributed by atoms with Gasteiger partial charge >= 0.3 is 0 Å². The largest absolute Gasteiger partial charge is 0.480 e. The van der Waals surface area contributed by atoms with Crippen molar-refractivity contribution in [3.05, 3.63) is 47.5 Å². The maximum atomic E-state index is 12.1. The number of nitrogens with zero attached hydrogens (tertiary/aromatic N) is 1. The van der Waals surface area contributed by atoms with E-state index in [1.165, 1.54) is 7.11 Å². The fraction of sp³-hybridized carbons (Fsp3) is 0.286. The molecule has 0 saturated carbocycles. The van der Waals surface area contributed by atoms with Gasteiger partial charge in [0.05, 0.1) is 13.2 Å². The van der Waals surface area contributed by atoms with Crippen molar-refractivity contribution in [1.82, 2.24) is 10.3 Å². The highest BCUT2D eigenvalue weighted by molar-refractivity contribution is 5.96. The van der Waals surface area contributed by atoms with Gasteiger partial charge < -0.3 is 14.5 Å². The predicted octanol–water partition coefficient (Wildman–Crippen LogP) is 2.48. The van der Waals surface area contributed by atoms with E-state index in [2.05, 4.69) is 10.3 Å². The van der Waals surface area contributed by atoms with E-state index in [9.17, 15) is 4.79 Å². The van der Waals surface area contributed by atoms with Crippen LogP contribution in [0.2, 0.25) is 0 Å². The minimum absolute atomic E-state index is 0.217. The summed E-state index contributed by atoms with van der Waals surface area (Å²) in [5, 5.41) is 2.85. The van der Waals surface area contributed by atoms with Crippen LogP contribution in [-0.2, 0) is 0 Å². The number of ether oxygens (including phenoxy) is 1. The second-order valence-electron chi connectivity index (χ2n) is 4.20. The van der Waals surface area contributed by atoms with Gasteiger partial charge in [0.15, 0.2) is 0 Å². The van der Waals surface area contributed by atoms with E-state index in [4.69, 9.17) is 9.15 Å². The average Bonchev–Trinajstić information content (AvgIpc) is 2.85. The second-order valence-corrected chi connectivity index (χ2v) is 4.20. The highest BCUT2D eigenvalue weighted by atomic mass is 16.5. The lowest BCUT2D eigenvalue weighted by Gasteiger charge is -2.12. The molecule has 0 bridgehead atoms. The molecule has 2 rings (SSSR count). The van der Waals surface area contributed by atoms with Gasteiger partial charge in [0.25, 0.3) is 5.91 Å². The Hall–Kier alpha value is -2.30. The molecule has 0 aromatic carbocycles. The molecule has 0 saturated heterocycles. The lowest BCUT2D eigenvalue weighted by molar-refractivity contribution is 0.0931. The molecule has 2 aromatic heterocycles. The van der Waals surface area contributed by atoms with Gasteiger partial charge in [-0.1, -0.05) is 0 Å². The standard InChI is InChI=1S/C14H16N2O3/c1-9-6-7-12(19-9)10(2)16-13(17)11-5-4-8-15-14(11)18-3/h4-8,10H,1-3H3,(H,16,17). The molecule has 1 atom stereocenters. The Labute approximate surface area is 111 Å². The number of nitrogens with one attached hydrogen (secondary N) is 1. The van der Waals surface area contributed by atoms with Gasteiger partial charge in [-0.3, -0.25) is 4.79 Å². The maximum Gasteiger partial charge on any atom is 0.257 e. The summed E-state index contributed by atoms with van der Waals surface area (Å²) >= 11 is 0. The van der Waals surface area contributed by atoms with Crippen LogP contribution in [0.15, 0.2) is 34.9 Å². The molecule has 5 nitrogen and oxygen atoms in total. The molecule has 19 heavy (non-hydrogen) atoms. The van der Waals surface area contributed by atoms with Gasteiger partial charge in [-0.25, -0.2) is 4.98 Å². The number of aromatic nitrogens is 1. The van der Waals surface area contributed by atoms with Crippen molar-refractivity contribution in [2.45, 2.75) is 19.9 Å². The van der Waals surface area contributed by atoms with Gasteiger partial charge in [-0.2, -0.15) is 0 Å². The van der Waals surface area contributed by atoms with Crippen LogP contribution in [-0.4, -0.2) is 18.0 Å². The minimum atomic E-state index is -0.244. The van der Waals surface area contributed by atoms with Gasteiger partial charge in [-0.15, -0.1) is 0 Å². The molecule has 0 fully saturated rings. The predicted molar refractivity (Wildman–Crippen MR) is 70.1 cm³/mol. The summed E-state index contributed by atoms with van der Waals surface area (Å²) in [5.74, 6) is 1.60. The van der Waals surface area contributed by atoms with E-state index >= 15 is 0 Å². The Morgan fingerprint density at radius 1 is 1.42 bits per heavy atom. The van der Waals surface area contributed by atoms with Crippen LogP contribution in [0.1, 0.15) is 34.8 Å². The quantitative estimate of drug-likeness (QED) is 0.917. The van der Waals surface area contributed by atoms with Gasteiger partial charge in [0, 0.05) is 6.20 Å². The molecular weight excluding hydrogens is 244 g/mol. The highest BCUT2D eigenvalue weighted by Crippen LogP contribution is 2.18. The molecule has 100 valence electrons. The first-order chi connectivity index (χ1) is 9.11. The summed E-state index contributed by atoms with van der Waals surface area (Å²) < 4.78 is 10.5. The number of rotatable bonds is 4. The second kappa shape index (κ2) is 5.56. The highest BCUT2D eigenvalue weighted by Gasteiger charge is 2.17. The number of hydrogen-bond acceptors (Lipinski definition) is 4. The van der Waals surface area contributed by atoms with Crippen LogP contribution in [0, 0.1) is 6.92 Å². The Bertz CT molecular complexity index is 578. The summed E-state index contributed by atoms with van der Waals surface area (Å²) in [6.07, 6.45) is 1.58. The minimum Gasteiger partial charge on any atom is -0.480 e. The normalized spacial score (nSPS) is 11.9. The third kappa shape index (κ3) is 2.93. The van der Waals surface area contributed by atoms with Crippen LogP contribution >= 0.6 is 0 Å². The zero-order valence-electron chi connectivity index (χ0n) is 11.1. The summed E-state index contributed by atoms with van der Waals surface area (Å²) in [7, 11) is 1.48. The third-order valence-corrected chi connectivity index (χ3v) is 2.74. The molecule has 0 spiro atoms. The monoisotopic (exact) mass is 260 g/mol. The fourth-order valence-corrected chi connectivity index (χ4v) is 1.76. The van der Waals surface area contributed by atoms with E-state index in [0.717, 1.165) is 5.76 Å². The van der Waals surface area contributed by atoms with E-state index in [0.29, 0.717) is 17.2 Å². The van der Waals surface area contributed by atoms with E-state index in [-0.39, 0.29) is 11.9 Å². The van der Waals surface area contributed by atoms with Crippen molar-refractivity contribution >= 4 is 5.91 Å². The van der Waals surface area contributed by atoms with Gasteiger partial charge in [-0.05, 0) is 38.1 Å². The molecule has 0 radical (unpaired) electrons. The zero-order chi connectivity index (χ0) is 13.8. The lowest BCUT2D eigenvalue weighted by Crippen LogP contribution is -2.27. The van der Waals surface area contributed by atoms with E-state index < -0.39 is 0 Å². The zero-order valence-corrected chi connectivity index (χ0v) is 11.1. The van der Waals surface area contributed by atoms with Gasteiger partial charge in [0.2, 0.25) is 5.88 Å². The van der Waals surface area contributed by atoms with Crippen LogP contribution in [0.4, 0.5) is 0 Å². The number of pyridine rings is 1. The average molecular weight is 260 g/mol. The molecule has 5 heteroatoms. The topological polar surface area (TPSA) is 64.4 Å². The smallest absolute Gasteiger partial charge is 0.257 e. The third-order valence-electron chi connectivity index (χ3n) is 2.74. The first-order valence-corrected chi connectivity index (χ1v) is 5.98. The van der Waals surface area contributed by atoms with Crippen molar-refractivity contribution in [2.24, 2.45) is 0 Å².